The minimum absolute atomic E-state index is 0.228. The molecular formula is C20H22BN5O4. The third-order valence-corrected chi connectivity index (χ3v) is 5.42. The molecule has 10 heteroatoms. The number of ether oxygens (including phenoxy) is 1. The number of allylic oxidation sites excluding steroid dienone is 1. The average molecular weight is 407 g/mol. The molecule has 1 aromatic heterocycles. The van der Waals surface area contributed by atoms with Gasteiger partial charge in [-0.25, -0.2) is 0 Å². The van der Waals surface area contributed by atoms with Gasteiger partial charge in [0.25, 0.3) is 5.91 Å². The minimum atomic E-state index is -0.974. The molecule has 0 bridgehead atoms. The number of aromatic nitrogens is 2. The Morgan fingerprint density at radius 3 is 3.00 bits per heavy atom. The van der Waals surface area contributed by atoms with Gasteiger partial charge in [-0.1, -0.05) is 0 Å². The van der Waals surface area contributed by atoms with E-state index >= 15 is 0 Å². The largest absolute Gasteiger partial charge is 0.552 e. The smallest absolute Gasteiger partial charge is 0.532 e. The molecule has 1 fully saturated rings. The number of nitrogens with zero attached hydrogens (tertiary/aromatic N) is 3. The number of nitrogens with two attached hydrogens (primary N) is 1. The van der Waals surface area contributed by atoms with Crippen LogP contribution in [0.4, 0.5) is 11.5 Å². The second-order valence-electron chi connectivity index (χ2n) is 7.56. The maximum atomic E-state index is 12.0. The van der Waals surface area contributed by atoms with Crippen LogP contribution in [0.3, 0.4) is 0 Å². The molecule has 2 atom stereocenters. The Kier molecular flexibility index (Phi) is 5.24. The van der Waals surface area contributed by atoms with E-state index in [4.69, 9.17) is 15.1 Å². The van der Waals surface area contributed by atoms with Gasteiger partial charge in [0.2, 0.25) is 0 Å². The number of rotatable bonds is 4. The zero-order valence-electron chi connectivity index (χ0n) is 16.8. The molecule has 0 radical (unpaired) electrons. The first-order chi connectivity index (χ1) is 14.4. The lowest BCUT2D eigenvalue weighted by atomic mass is 9.82. The third kappa shape index (κ3) is 3.65. The average Bonchev–Trinajstić information content (AvgIpc) is 3.13. The molecular weight excluding hydrogens is 385 g/mol. The number of nitriles is 1. The lowest BCUT2D eigenvalue weighted by Crippen LogP contribution is -2.29. The summed E-state index contributed by atoms with van der Waals surface area (Å²) in [6.07, 6.45) is 2.17. The van der Waals surface area contributed by atoms with Gasteiger partial charge in [-0.3, -0.25) is 9.48 Å². The number of amides is 1. The van der Waals surface area contributed by atoms with Crippen molar-refractivity contribution < 1.29 is 19.2 Å². The van der Waals surface area contributed by atoms with Crippen molar-refractivity contribution in [2.75, 3.05) is 18.5 Å². The van der Waals surface area contributed by atoms with Crippen LogP contribution in [0.15, 0.2) is 24.3 Å². The SMILES string of the molecule is CC1=CB(O)Oc2c(C)cc(Nc3nn(C4COCCC4C#N)cc3C(N)=O)cc21. The van der Waals surface area contributed by atoms with Crippen LogP contribution in [-0.2, 0) is 4.74 Å². The maximum absolute atomic E-state index is 12.0. The summed E-state index contributed by atoms with van der Waals surface area (Å²) in [6.45, 7) is 4.64. The van der Waals surface area contributed by atoms with E-state index in [1.807, 2.05) is 26.0 Å². The quantitative estimate of drug-likeness (QED) is 0.659. The second-order valence-corrected chi connectivity index (χ2v) is 7.56. The van der Waals surface area contributed by atoms with E-state index in [2.05, 4.69) is 16.5 Å². The fourth-order valence-electron chi connectivity index (χ4n) is 3.86. The molecule has 0 aliphatic carbocycles. The van der Waals surface area contributed by atoms with Crippen LogP contribution in [0, 0.1) is 24.2 Å². The summed E-state index contributed by atoms with van der Waals surface area (Å²) < 4.78 is 12.6. The van der Waals surface area contributed by atoms with Gasteiger partial charge < -0.3 is 25.5 Å². The molecule has 3 heterocycles. The Morgan fingerprint density at radius 2 is 2.27 bits per heavy atom. The van der Waals surface area contributed by atoms with Crippen LogP contribution in [0.5, 0.6) is 5.75 Å². The highest BCUT2D eigenvalue weighted by Gasteiger charge is 2.30. The van der Waals surface area contributed by atoms with Crippen LogP contribution in [0.2, 0.25) is 0 Å². The molecule has 154 valence electrons. The zero-order chi connectivity index (χ0) is 21.4. The number of fused-ring (bicyclic) bond motifs is 1. The summed E-state index contributed by atoms with van der Waals surface area (Å²) in [7, 11) is -0.974. The maximum Gasteiger partial charge on any atom is 0.552 e. The van der Waals surface area contributed by atoms with E-state index in [1.54, 1.807) is 16.9 Å². The van der Waals surface area contributed by atoms with Crippen molar-refractivity contribution in [2.24, 2.45) is 11.7 Å². The van der Waals surface area contributed by atoms with Crippen molar-refractivity contribution >= 4 is 30.1 Å². The second kappa shape index (κ2) is 7.86. The zero-order valence-corrected chi connectivity index (χ0v) is 16.8. The third-order valence-electron chi connectivity index (χ3n) is 5.42. The highest BCUT2D eigenvalue weighted by molar-refractivity contribution is 6.52. The number of primary amides is 1. The Morgan fingerprint density at radius 1 is 1.47 bits per heavy atom. The Bertz CT molecular complexity index is 1070. The summed E-state index contributed by atoms with van der Waals surface area (Å²) in [5, 5.41) is 26.9. The van der Waals surface area contributed by atoms with E-state index in [-0.39, 0.29) is 17.5 Å². The van der Waals surface area contributed by atoms with Crippen molar-refractivity contribution in [3.8, 4) is 11.8 Å². The number of carbonyl (C=O) groups is 1. The predicted molar refractivity (Wildman–Crippen MR) is 111 cm³/mol. The number of nitrogens with one attached hydrogen (secondary N) is 1. The van der Waals surface area contributed by atoms with Gasteiger partial charge in [0.05, 0.1) is 24.6 Å². The Labute approximate surface area is 174 Å². The molecule has 0 saturated carbocycles. The summed E-state index contributed by atoms with van der Waals surface area (Å²) in [5.41, 5.74) is 9.05. The first-order valence-corrected chi connectivity index (χ1v) is 9.69. The predicted octanol–water partition coefficient (Wildman–Crippen LogP) is 1.95. The van der Waals surface area contributed by atoms with Crippen LogP contribution < -0.4 is 15.7 Å². The topological polar surface area (TPSA) is 135 Å². The fraction of sp³-hybridized carbons (Fsp3) is 0.350. The summed E-state index contributed by atoms with van der Waals surface area (Å²) in [6, 6.07) is 5.71. The molecule has 1 saturated heterocycles. The normalized spacial score (nSPS) is 20.6. The number of carbonyl (C=O) groups excluding carboxylic acids is 1. The van der Waals surface area contributed by atoms with Crippen molar-refractivity contribution in [3.05, 3.63) is 41.0 Å². The molecule has 2 aliphatic heterocycles. The summed E-state index contributed by atoms with van der Waals surface area (Å²) in [5.74, 6) is 1.67. The van der Waals surface area contributed by atoms with Gasteiger partial charge in [-0.15, -0.1) is 0 Å². The van der Waals surface area contributed by atoms with Crippen LogP contribution in [0.25, 0.3) is 5.57 Å². The van der Waals surface area contributed by atoms with Gasteiger partial charge in [0, 0.05) is 24.1 Å². The van der Waals surface area contributed by atoms with Crippen LogP contribution in [-0.4, -0.2) is 41.0 Å². The molecule has 30 heavy (non-hydrogen) atoms. The lowest BCUT2D eigenvalue weighted by Gasteiger charge is -2.27. The standard InChI is InChI=1S/C20H22BN5O4/c1-11-5-14(6-15-12(2)7-21(28)30-18(11)15)24-20-16(19(23)27)9-26(25-20)17-10-29-4-3-13(17)8-22/h5-7,9,13,17,28H,3-4,10H2,1-2H3,(H2,23,27)(H,24,25). The molecule has 1 amide bonds. The monoisotopic (exact) mass is 407 g/mol. The Balaban J connectivity index is 1.69. The molecule has 4 rings (SSSR count). The number of benzene rings is 1. The summed E-state index contributed by atoms with van der Waals surface area (Å²) >= 11 is 0. The van der Waals surface area contributed by atoms with Gasteiger partial charge in [0.1, 0.15) is 11.3 Å². The van der Waals surface area contributed by atoms with Gasteiger partial charge in [-0.05, 0) is 49.5 Å². The van der Waals surface area contributed by atoms with Crippen LogP contribution >= 0.6 is 0 Å². The first-order valence-electron chi connectivity index (χ1n) is 9.69. The molecule has 1 aromatic carbocycles. The Hall–Kier alpha value is -3.29. The van der Waals surface area contributed by atoms with Gasteiger partial charge in [0.15, 0.2) is 5.82 Å². The summed E-state index contributed by atoms with van der Waals surface area (Å²) in [4.78, 5) is 12.0. The molecule has 2 aromatic rings. The van der Waals surface area contributed by atoms with Crippen LogP contribution in [0.1, 0.15) is 40.9 Å². The number of hydrogen-bond acceptors (Lipinski definition) is 7. The fourth-order valence-corrected chi connectivity index (χ4v) is 3.86. The number of aryl methyl sites for hydroxylation is 1. The first kappa shape index (κ1) is 20.0. The molecule has 4 N–H and O–H groups in total. The van der Waals surface area contributed by atoms with E-state index < -0.39 is 13.0 Å². The highest BCUT2D eigenvalue weighted by Crippen LogP contribution is 2.37. The number of hydrogen-bond donors (Lipinski definition) is 3. The van der Waals surface area contributed by atoms with Crippen molar-refractivity contribution in [1.82, 2.24) is 9.78 Å². The van der Waals surface area contributed by atoms with E-state index in [0.717, 1.165) is 16.7 Å². The van der Waals surface area contributed by atoms with E-state index in [9.17, 15) is 15.1 Å². The molecule has 9 nitrogen and oxygen atoms in total. The molecule has 0 spiro atoms. The number of anilines is 2. The van der Waals surface area contributed by atoms with Gasteiger partial charge in [-0.2, -0.15) is 10.4 Å². The highest BCUT2D eigenvalue weighted by atomic mass is 16.5. The molecule has 2 unspecified atom stereocenters. The molecule has 2 aliphatic rings. The van der Waals surface area contributed by atoms with Crippen molar-refractivity contribution in [3.63, 3.8) is 0 Å². The van der Waals surface area contributed by atoms with E-state index in [1.165, 1.54) is 0 Å². The van der Waals surface area contributed by atoms with Gasteiger partial charge >= 0.3 is 7.12 Å². The lowest BCUT2D eigenvalue weighted by molar-refractivity contribution is 0.0342. The van der Waals surface area contributed by atoms with Crippen molar-refractivity contribution in [2.45, 2.75) is 26.3 Å². The minimum Gasteiger partial charge on any atom is -0.532 e. The van der Waals surface area contributed by atoms with Crippen molar-refractivity contribution in [1.29, 1.82) is 5.26 Å². The van der Waals surface area contributed by atoms with E-state index in [0.29, 0.717) is 36.9 Å².